The fourth-order valence-corrected chi connectivity index (χ4v) is 2.28. The van der Waals surface area contributed by atoms with Gasteiger partial charge in [-0.2, -0.15) is 0 Å². The number of nitrogens with zero attached hydrogens (tertiary/aromatic N) is 1. The molecule has 20 heavy (non-hydrogen) atoms. The fourth-order valence-electron chi connectivity index (χ4n) is 2.28. The number of nitrogens with one attached hydrogen (secondary N) is 2. The summed E-state index contributed by atoms with van der Waals surface area (Å²) in [6.45, 7) is 11.6. The van der Waals surface area contributed by atoms with Crippen LogP contribution in [-0.4, -0.2) is 54.7 Å². The first-order valence-corrected chi connectivity index (χ1v) is 7.19. The monoisotopic (exact) mass is 285 g/mol. The Hall–Kier alpha value is -1.30. The fraction of sp³-hybridized carbons (Fsp3) is 0.857. The summed E-state index contributed by atoms with van der Waals surface area (Å²) in [4.78, 5) is 25.2. The molecule has 1 unspecified atom stereocenters. The Balaban J connectivity index is 2.30. The number of rotatable bonds is 4. The standard InChI is InChI=1S/C14H27N3O3/c1-10(2)12(18)15-6-7-16-13(19)17-8-11(3)20-14(4,5)9-17/h10-11H,6-9H2,1-5H3,(H,15,18)(H,16,19). The molecule has 0 spiro atoms. The second kappa shape index (κ2) is 6.92. The van der Waals surface area contributed by atoms with Crippen LogP contribution in [-0.2, 0) is 9.53 Å². The highest BCUT2D eigenvalue weighted by atomic mass is 16.5. The van der Waals surface area contributed by atoms with E-state index in [0.29, 0.717) is 26.2 Å². The Morgan fingerprint density at radius 3 is 2.45 bits per heavy atom. The van der Waals surface area contributed by atoms with E-state index in [1.54, 1.807) is 4.90 Å². The predicted molar refractivity (Wildman–Crippen MR) is 77.4 cm³/mol. The quantitative estimate of drug-likeness (QED) is 0.756. The molecule has 1 rings (SSSR count). The topological polar surface area (TPSA) is 70.7 Å². The van der Waals surface area contributed by atoms with E-state index in [2.05, 4.69) is 10.6 Å². The number of ether oxygens (including phenoxy) is 1. The highest BCUT2D eigenvalue weighted by Crippen LogP contribution is 2.20. The third-order valence-electron chi connectivity index (χ3n) is 3.08. The van der Waals surface area contributed by atoms with Crippen LogP contribution < -0.4 is 10.6 Å². The van der Waals surface area contributed by atoms with Gasteiger partial charge < -0.3 is 20.3 Å². The van der Waals surface area contributed by atoms with Crippen LogP contribution in [0.5, 0.6) is 0 Å². The molecule has 0 aromatic rings. The van der Waals surface area contributed by atoms with Crippen molar-refractivity contribution in [1.82, 2.24) is 15.5 Å². The van der Waals surface area contributed by atoms with Crippen LogP contribution in [0.15, 0.2) is 0 Å². The maximum absolute atomic E-state index is 12.1. The maximum Gasteiger partial charge on any atom is 0.317 e. The van der Waals surface area contributed by atoms with Crippen LogP contribution >= 0.6 is 0 Å². The number of carbonyl (C=O) groups excluding carboxylic acids is 2. The zero-order valence-electron chi connectivity index (χ0n) is 13.2. The zero-order valence-corrected chi connectivity index (χ0v) is 13.2. The average Bonchev–Trinajstić information content (AvgIpc) is 2.31. The molecule has 3 amide bonds. The van der Waals surface area contributed by atoms with Crippen molar-refractivity contribution in [3.8, 4) is 0 Å². The SMILES string of the molecule is CC1CN(C(=O)NCCNC(=O)C(C)C)CC(C)(C)O1. The Kier molecular flexibility index (Phi) is 5.80. The molecule has 1 saturated heterocycles. The molecule has 0 aromatic carbocycles. The third kappa shape index (κ3) is 5.36. The highest BCUT2D eigenvalue weighted by molar-refractivity contribution is 5.78. The number of hydrogen-bond donors (Lipinski definition) is 2. The summed E-state index contributed by atoms with van der Waals surface area (Å²) in [5.41, 5.74) is -0.319. The summed E-state index contributed by atoms with van der Waals surface area (Å²) in [6.07, 6.45) is 0.0325. The lowest BCUT2D eigenvalue weighted by atomic mass is 10.1. The van der Waals surface area contributed by atoms with Crippen LogP contribution in [0.3, 0.4) is 0 Å². The molecule has 0 saturated carbocycles. The van der Waals surface area contributed by atoms with Gasteiger partial charge in [0.1, 0.15) is 0 Å². The molecule has 6 heteroatoms. The van der Waals surface area contributed by atoms with E-state index < -0.39 is 0 Å². The van der Waals surface area contributed by atoms with Crippen molar-refractivity contribution in [3.05, 3.63) is 0 Å². The third-order valence-corrected chi connectivity index (χ3v) is 3.08. The summed E-state index contributed by atoms with van der Waals surface area (Å²) in [5.74, 6) is -0.0352. The number of hydrogen-bond acceptors (Lipinski definition) is 3. The normalized spacial score (nSPS) is 21.7. The zero-order chi connectivity index (χ0) is 15.3. The van der Waals surface area contributed by atoms with Gasteiger partial charge in [-0.3, -0.25) is 4.79 Å². The van der Waals surface area contributed by atoms with Gasteiger partial charge in [-0.15, -0.1) is 0 Å². The second-order valence-electron chi connectivity index (χ2n) is 6.25. The molecule has 0 bridgehead atoms. The number of carbonyl (C=O) groups is 2. The summed E-state index contributed by atoms with van der Waals surface area (Å²) < 4.78 is 5.76. The smallest absolute Gasteiger partial charge is 0.317 e. The summed E-state index contributed by atoms with van der Waals surface area (Å²) >= 11 is 0. The van der Waals surface area contributed by atoms with Gasteiger partial charge in [0, 0.05) is 25.6 Å². The van der Waals surface area contributed by atoms with Crippen molar-refractivity contribution in [2.45, 2.75) is 46.3 Å². The van der Waals surface area contributed by atoms with Crippen LogP contribution in [0.1, 0.15) is 34.6 Å². The van der Waals surface area contributed by atoms with Crippen LogP contribution in [0, 0.1) is 5.92 Å². The van der Waals surface area contributed by atoms with Crippen molar-refractivity contribution < 1.29 is 14.3 Å². The highest BCUT2D eigenvalue weighted by Gasteiger charge is 2.33. The molecule has 1 heterocycles. The van der Waals surface area contributed by atoms with E-state index in [1.165, 1.54) is 0 Å². The Bertz CT molecular complexity index is 356. The van der Waals surface area contributed by atoms with Gasteiger partial charge in [0.15, 0.2) is 0 Å². The Morgan fingerprint density at radius 2 is 1.90 bits per heavy atom. The molecule has 1 atom stereocenters. The van der Waals surface area contributed by atoms with Crippen molar-refractivity contribution in [2.24, 2.45) is 5.92 Å². The summed E-state index contributed by atoms with van der Waals surface area (Å²) in [5, 5.41) is 5.59. The predicted octanol–water partition coefficient (Wildman–Crippen LogP) is 0.968. The lowest BCUT2D eigenvalue weighted by molar-refractivity contribution is -0.123. The maximum atomic E-state index is 12.1. The molecular formula is C14H27N3O3. The van der Waals surface area contributed by atoms with Crippen molar-refractivity contribution >= 4 is 11.9 Å². The lowest BCUT2D eigenvalue weighted by Gasteiger charge is -2.41. The molecule has 0 radical (unpaired) electrons. The van der Waals surface area contributed by atoms with E-state index in [9.17, 15) is 9.59 Å². The lowest BCUT2D eigenvalue weighted by Crippen LogP contribution is -2.56. The Morgan fingerprint density at radius 1 is 1.30 bits per heavy atom. The van der Waals surface area contributed by atoms with Gasteiger partial charge in [-0.25, -0.2) is 4.79 Å². The molecule has 6 nitrogen and oxygen atoms in total. The first-order chi connectivity index (χ1) is 9.21. The van der Waals surface area contributed by atoms with Crippen LogP contribution in [0.25, 0.3) is 0 Å². The van der Waals surface area contributed by atoms with E-state index in [4.69, 9.17) is 4.74 Å². The molecule has 1 aliphatic rings. The van der Waals surface area contributed by atoms with Gasteiger partial charge in [0.2, 0.25) is 5.91 Å². The van der Waals surface area contributed by atoms with Crippen LogP contribution in [0.4, 0.5) is 4.79 Å². The van der Waals surface area contributed by atoms with Gasteiger partial charge in [-0.1, -0.05) is 13.8 Å². The minimum Gasteiger partial charge on any atom is -0.369 e. The van der Waals surface area contributed by atoms with Gasteiger partial charge >= 0.3 is 6.03 Å². The number of urea groups is 1. The second-order valence-corrected chi connectivity index (χ2v) is 6.25. The van der Waals surface area contributed by atoms with Gasteiger partial charge in [0.25, 0.3) is 0 Å². The molecule has 0 aliphatic carbocycles. The average molecular weight is 285 g/mol. The van der Waals surface area contributed by atoms with Crippen molar-refractivity contribution in [2.75, 3.05) is 26.2 Å². The number of amides is 3. The first-order valence-electron chi connectivity index (χ1n) is 7.19. The van der Waals surface area contributed by atoms with Gasteiger partial charge in [-0.05, 0) is 20.8 Å². The van der Waals surface area contributed by atoms with Gasteiger partial charge in [0.05, 0.1) is 18.2 Å². The largest absolute Gasteiger partial charge is 0.369 e. The van der Waals surface area contributed by atoms with Crippen LogP contribution in [0.2, 0.25) is 0 Å². The molecule has 116 valence electrons. The Labute approximate surface area is 121 Å². The molecule has 1 aliphatic heterocycles. The van der Waals surface area contributed by atoms with E-state index in [-0.39, 0.29) is 29.6 Å². The summed E-state index contributed by atoms with van der Waals surface area (Å²) in [6, 6.07) is -0.105. The van der Waals surface area contributed by atoms with E-state index in [1.807, 2.05) is 34.6 Å². The van der Waals surface area contributed by atoms with E-state index in [0.717, 1.165) is 0 Å². The van der Waals surface area contributed by atoms with E-state index >= 15 is 0 Å². The minimum atomic E-state index is -0.319. The summed E-state index contributed by atoms with van der Waals surface area (Å²) in [7, 11) is 0. The molecular weight excluding hydrogens is 258 g/mol. The molecule has 1 fully saturated rings. The van der Waals surface area contributed by atoms with Crippen molar-refractivity contribution in [3.63, 3.8) is 0 Å². The minimum absolute atomic E-state index is 0.000349. The first kappa shape index (κ1) is 16.8. The number of morpholine rings is 1. The molecule has 2 N–H and O–H groups in total. The van der Waals surface area contributed by atoms with Crippen molar-refractivity contribution in [1.29, 1.82) is 0 Å². The molecule has 0 aromatic heterocycles.